The van der Waals surface area contributed by atoms with Gasteiger partial charge in [-0.2, -0.15) is 0 Å². The number of urea groups is 1. The standard InChI is InChI=1S/C20H21FN2O2/c21-18-3-2-17-13-23(9-6-15(17)12-18)20(24)22-8-5-14-1-4-19-16(11-14)7-10-25-19/h1-4,11-12H,5-10,13H2,(H,22,24). The molecule has 0 aromatic heterocycles. The Hall–Kier alpha value is -2.56. The maximum absolute atomic E-state index is 13.3. The second-order valence-corrected chi connectivity index (χ2v) is 6.61. The van der Waals surface area contributed by atoms with Gasteiger partial charge in [0.05, 0.1) is 6.61 Å². The third-order valence-corrected chi connectivity index (χ3v) is 4.91. The monoisotopic (exact) mass is 340 g/mol. The van der Waals surface area contributed by atoms with Crippen molar-refractivity contribution in [1.29, 1.82) is 0 Å². The van der Waals surface area contributed by atoms with Crippen molar-refractivity contribution in [2.75, 3.05) is 19.7 Å². The van der Waals surface area contributed by atoms with Gasteiger partial charge in [0.15, 0.2) is 0 Å². The molecule has 2 aliphatic heterocycles. The first-order valence-electron chi connectivity index (χ1n) is 8.74. The molecular weight excluding hydrogens is 319 g/mol. The number of hydrogen-bond donors (Lipinski definition) is 1. The molecule has 2 amide bonds. The number of carbonyl (C=O) groups is 1. The highest BCUT2D eigenvalue weighted by Gasteiger charge is 2.20. The van der Waals surface area contributed by atoms with Crippen LogP contribution in [0.1, 0.15) is 22.3 Å². The first-order valence-corrected chi connectivity index (χ1v) is 8.74. The Bertz CT molecular complexity index is 806. The van der Waals surface area contributed by atoms with Crippen LogP contribution in [-0.4, -0.2) is 30.6 Å². The predicted molar refractivity (Wildman–Crippen MR) is 93.3 cm³/mol. The second kappa shape index (κ2) is 6.75. The summed E-state index contributed by atoms with van der Waals surface area (Å²) in [5.41, 5.74) is 4.50. The fraction of sp³-hybridized carbons (Fsp3) is 0.350. The molecule has 0 radical (unpaired) electrons. The Morgan fingerprint density at radius 3 is 2.96 bits per heavy atom. The van der Waals surface area contributed by atoms with Crippen LogP contribution in [0.2, 0.25) is 0 Å². The lowest BCUT2D eigenvalue weighted by atomic mass is 10.00. The molecule has 0 fully saturated rings. The Morgan fingerprint density at radius 1 is 1.12 bits per heavy atom. The number of benzene rings is 2. The van der Waals surface area contributed by atoms with Crippen molar-refractivity contribution >= 4 is 6.03 Å². The van der Waals surface area contributed by atoms with Crippen LogP contribution in [0.5, 0.6) is 5.75 Å². The molecule has 0 unspecified atom stereocenters. The van der Waals surface area contributed by atoms with Gasteiger partial charge in [-0.25, -0.2) is 9.18 Å². The number of hydrogen-bond acceptors (Lipinski definition) is 2. The van der Waals surface area contributed by atoms with Crippen LogP contribution >= 0.6 is 0 Å². The number of ether oxygens (including phenoxy) is 1. The van der Waals surface area contributed by atoms with Gasteiger partial charge in [-0.05, 0) is 53.3 Å². The van der Waals surface area contributed by atoms with Gasteiger partial charge in [0.2, 0.25) is 0 Å². The molecule has 4 nitrogen and oxygen atoms in total. The number of rotatable bonds is 3. The smallest absolute Gasteiger partial charge is 0.317 e. The predicted octanol–water partition coefficient (Wildman–Crippen LogP) is 3.07. The molecular formula is C20H21FN2O2. The number of nitrogens with zero attached hydrogens (tertiary/aromatic N) is 1. The van der Waals surface area contributed by atoms with E-state index < -0.39 is 0 Å². The minimum Gasteiger partial charge on any atom is -0.493 e. The second-order valence-electron chi connectivity index (χ2n) is 6.61. The summed E-state index contributed by atoms with van der Waals surface area (Å²) in [6.45, 7) is 2.53. The fourth-order valence-electron chi connectivity index (χ4n) is 3.52. The van der Waals surface area contributed by atoms with E-state index >= 15 is 0 Å². The fourth-order valence-corrected chi connectivity index (χ4v) is 3.52. The van der Waals surface area contributed by atoms with E-state index in [9.17, 15) is 9.18 Å². The Kier molecular flexibility index (Phi) is 4.30. The van der Waals surface area contributed by atoms with Crippen LogP contribution in [-0.2, 0) is 25.8 Å². The van der Waals surface area contributed by atoms with Gasteiger partial charge < -0.3 is 15.0 Å². The zero-order chi connectivity index (χ0) is 17.2. The number of nitrogens with one attached hydrogen (secondary N) is 1. The van der Waals surface area contributed by atoms with Crippen molar-refractivity contribution in [2.45, 2.75) is 25.8 Å². The van der Waals surface area contributed by atoms with Gasteiger partial charge >= 0.3 is 6.03 Å². The van der Waals surface area contributed by atoms with E-state index in [-0.39, 0.29) is 11.8 Å². The van der Waals surface area contributed by atoms with Gasteiger partial charge in [0.1, 0.15) is 11.6 Å². The van der Waals surface area contributed by atoms with Crippen LogP contribution in [0, 0.1) is 5.82 Å². The molecule has 2 heterocycles. The van der Waals surface area contributed by atoms with Crippen LogP contribution in [0.3, 0.4) is 0 Å². The lowest BCUT2D eigenvalue weighted by molar-refractivity contribution is 0.192. The van der Waals surface area contributed by atoms with Gasteiger partial charge in [-0.15, -0.1) is 0 Å². The van der Waals surface area contributed by atoms with E-state index in [0.717, 1.165) is 36.3 Å². The number of carbonyl (C=O) groups excluding carboxylic acids is 1. The van der Waals surface area contributed by atoms with Gasteiger partial charge in [0, 0.05) is 26.1 Å². The molecule has 0 atom stereocenters. The normalized spacial score (nSPS) is 15.3. The lowest BCUT2D eigenvalue weighted by Gasteiger charge is -2.29. The first kappa shape index (κ1) is 15.9. The Balaban J connectivity index is 1.30. The van der Waals surface area contributed by atoms with Crippen LogP contribution < -0.4 is 10.1 Å². The van der Waals surface area contributed by atoms with Crippen molar-refractivity contribution in [1.82, 2.24) is 10.2 Å². The quantitative estimate of drug-likeness (QED) is 0.933. The average molecular weight is 340 g/mol. The molecule has 1 N–H and O–H groups in total. The van der Waals surface area contributed by atoms with Crippen molar-refractivity contribution in [2.24, 2.45) is 0 Å². The summed E-state index contributed by atoms with van der Waals surface area (Å²) in [6.07, 6.45) is 2.46. The maximum atomic E-state index is 13.3. The molecule has 2 aliphatic rings. The average Bonchev–Trinajstić information content (AvgIpc) is 3.09. The van der Waals surface area contributed by atoms with Crippen molar-refractivity contribution < 1.29 is 13.9 Å². The molecule has 4 rings (SSSR count). The molecule has 0 saturated carbocycles. The highest BCUT2D eigenvalue weighted by atomic mass is 19.1. The SMILES string of the molecule is O=C(NCCc1ccc2c(c1)CCO2)N1CCc2cc(F)ccc2C1. The van der Waals surface area contributed by atoms with E-state index in [1.54, 1.807) is 17.0 Å². The minimum atomic E-state index is -0.212. The molecule has 5 heteroatoms. The summed E-state index contributed by atoms with van der Waals surface area (Å²) in [5.74, 6) is 0.771. The van der Waals surface area contributed by atoms with E-state index in [1.165, 1.54) is 17.2 Å². The summed E-state index contributed by atoms with van der Waals surface area (Å²) in [5, 5.41) is 2.99. The largest absolute Gasteiger partial charge is 0.493 e. The van der Waals surface area contributed by atoms with Crippen molar-refractivity contribution in [3.63, 3.8) is 0 Å². The Morgan fingerprint density at radius 2 is 2.04 bits per heavy atom. The zero-order valence-electron chi connectivity index (χ0n) is 14.1. The maximum Gasteiger partial charge on any atom is 0.317 e. The van der Waals surface area contributed by atoms with E-state index in [2.05, 4.69) is 17.4 Å². The number of fused-ring (bicyclic) bond motifs is 2. The van der Waals surface area contributed by atoms with Gasteiger partial charge in [0.25, 0.3) is 0 Å². The van der Waals surface area contributed by atoms with Gasteiger partial charge in [-0.3, -0.25) is 0 Å². The summed E-state index contributed by atoms with van der Waals surface area (Å²) >= 11 is 0. The lowest BCUT2D eigenvalue weighted by Crippen LogP contribution is -2.43. The molecule has 0 spiro atoms. The first-order chi connectivity index (χ1) is 12.2. The van der Waals surface area contributed by atoms with Crippen LogP contribution in [0.4, 0.5) is 9.18 Å². The molecule has 130 valence electrons. The molecule has 2 aromatic rings. The topological polar surface area (TPSA) is 41.6 Å². The number of amides is 2. The third kappa shape index (κ3) is 3.45. The minimum absolute atomic E-state index is 0.0560. The van der Waals surface area contributed by atoms with E-state index in [4.69, 9.17) is 4.74 Å². The highest BCUT2D eigenvalue weighted by molar-refractivity contribution is 5.74. The van der Waals surface area contributed by atoms with Crippen LogP contribution in [0.15, 0.2) is 36.4 Å². The van der Waals surface area contributed by atoms with Crippen molar-refractivity contribution in [3.8, 4) is 5.75 Å². The summed E-state index contributed by atoms with van der Waals surface area (Å²) in [7, 11) is 0. The molecule has 0 bridgehead atoms. The van der Waals surface area contributed by atoms with E-state index in [0.29, 0.717) is 26.1 Å². The highest BCUT2D eigenvalue weighted by Crippen LogP contribution is 2.26. The third-order valence-electron chi connectivity index (χ3n) is 4.91. The van der Waals surface area contributed by atoms with E-state index in [1.807, 2.05) is 6.07 Å². The molecule has 0 saturated heterocycles. The molecule has 2 aromatic carbocycles. The van der Waals surface area contributed by atoms with Crippen molar-refractivity contribution in [3.05, 3.63) is 64.5 Å². The summed E-state index contributed by atoms with van der Waals surface area (Å²) in [4.78, 5) is 14.2. The van der Waals surface area contributed by atoms with Gasteiger partial charge in [-0.1, -0.05) is 18.2 Å². The summed E-state index contributed by atoms with van der Waals surface area (Å²) in [6, 6.07) is 11.0. The number of halogens is 1. The zero-order valence-corrected chi connectivity index (χ0v) is 14.1. The molecule has 25 heavy (non-hydrogen) atoms. The Labute approximate surface area is 146 Å². The molecule has 0 aliphatic carbocycles. The summed E-state index contributed by atoms with van der Waals surface area (Å²) < 4.78 is 18.8. The van der Waals surface area contributed by atoms with Crippen LogP contribution in [0.25, 0.3) is 0 Å².